The lowest BCUT2D eigenvalue weighted by atomic mass is 10.0. The van der Waals surface area contributed by atoms with Gasteiger partial charge in [-0.3, -0.25) is 9.52 Å². The molecule has 2 aromatic carbocycles. The fourth-order valence-corrected chi connectivity index (χ4v) is 6.58. The highest BCUT2D eigenvalue weighted by atomic mass is 35.5. The third-order valence-electron chi connectivity index (χ3n) is 7.65. The van der Waals surface area contributed by atoms with Crippen molar-refractivity contribution >= 4 is 45.2 Å². The second-order valence-corrected chi connectivity index (χ2v) is 12.9. The molecule has 42 heavy (non-hydrogen) atoms. The van der Waals surface area contributed by atoms with Gasteiger partial charge in [-0.05, 0) is 54.3 Å². The van der Waals surface area contributed by atoms with E-state index >= 15 is 0 Å². The number of rotatable bonds is 9. The molecule has 2 unspecified atom stereocenters. The molecule has 3 heterocycles. The molecule has 6 rings (SSSR count). The van der Waals surface area contributed by atoms with E-state index in [0.717, 1.165) is 41.4 Å². The van der Waals surface area contributed by atoms with Crippen LogP contribution in [0.4, 0.5) is 15.8 Å². The summed E-state index contributed by atoms with van der Waals surface area (Å²) in [6.07, 6.45) is 3.85. The Hall–Kier alpha value is -3.74. The number of hydrogen-bond acceptors (Lipinski definition) is 8. The number of nitrogens with zero attached hydrogens (tertiary/aromatic N) is 3. The molecule has 1 saturated carbocycles. The first kappa shape index (κ1) is 28.4. The minimum absolute atomic E-state index is 0.0270. The van der Waals surface area contributed by atoms with Crippen LogP contribution in [0.25, 0.3) is 11.1 Å². The van der Waals surface area contributed by atoms with Gasteiger partial charge in [-0.2, -0.15) is 0 Å². The number of nitrogens with one attached hydrogen (secondary N) is 2. The topological polar surface area (TPSA) is 126 Å². The Morgan fingerprint density at radius 1 is 1.24 bits per heavy atom. The molecule has 1 amide bonds. The highest BCUT2D eigenvalue weighted by Crippen LogP contribution is 2.47. The number of carbonyl (C=O) groups excluding carboxylic acids is 1. The third kappa shape index (κ3) is 5.66. The number of carbonyl (C=O) groups is 1. The highest BCUT2D eigenvalue weighted by Gasteiger charge is 2.47. The SMILES string of the molecule is COc1ncc(-c2ccc3c(c2)C2OC2N(C[C@H](C)C(=O)N[C@@H]2C[C@H]2C)C=N3)cc1NS(=O)(=O)c1ccc(F)cc1Cl. The van der Waals surface area contributed by atoms with Crippen LogP contribution < -0.4 is 14.8 Å². The van der Waals surface area contributed by atoms with Gasteiger partial charge in [0, 0.05) is 29.9 Å². The number of ether oxygens (including phenoxy) is 2. The van der Waals surface area contributed by atoms with Crippen molar-refractivity contribution in [1.29, 1.82) is 0 Å². The number of epoxide rings is 1. The van der Waals surface area contributed by atoms with Crippen molar-refractivity contribution in [1.82, 2.24) is 15.2 Å². The van der Waals surface area contributed by atoms with Gasteiger partial charge < -0.3 is 19.7 Å². The summed E-state index contributed by atoms with van der Waals surface area (Å²) in [6.45, 7) is 4.50. The Kier molecular flexibility index (Phi) is 7.32. The third-order valence-corrected chi connectivity index (χ3v) is 9.50. The summed E-state index contributed by atoms with van der Waals surface area (Å²) in [5.74, 6) is -0.273. The van der Waals surface area contributed by atoms with Crippen LogP contribution in [0.15, 0.2) is 58.5 Å². The molecule has 220 valence electrons. The number of hydrogen-bond donors (Lipinski definition) is 2. The molecule has 3 aliphatic rings. The summed E-state index contributed by atoms with van der Waals surface area (Å²) in [5, 5.41) is 2.84. The lowest BCUT2D eigenvalue weighted by Gasteiger charge is -2.21. The number of benzene rings is 2. The molecule has 2 N–H and O–H groups in total. The van der Waals surface area contributed by atoms with Gasteiger partial charge >= 0.3 is 0 Å². The fourth-order valence-electron chi connectivity index (χ4n) is 5.00. The van der Waals surface area contributed by atoms with E-state index in [0.29, 0.717) is 18.0 Å². The molecule has 10 nitrogen and oxygen atoms in total. The molecule has 1 saturated heterocycles. The minimum Gasteiger partial charge on any atom is -0.480 e. The number of aliphatic imine (C=N–C) groups is 1. The molecule has 2 aliphatic heterocycles. The largest absolute Gasteiger partial charge is 0.480 e. The summed E-state index contributed by atoms with van der Waals surface area (Å²) in [6, 6.07) is 10.6. The maximum absolute atomic E-state index is 13.5. The van der Waals surface area contributed by atoms with E-state index in [9.17, 15) is 17.6 Å². The summed E-state index contributed by atoms with van der Waals surface area (Å²) in [5.41, 5.74) is 3.07. The van der Waals surface area contributed by atoms with Gasteiger partial charge in [0.1, 0.15) is 22.5 Å². The quantitative estimate of drug-likeness (QED) is 0.329. The second-order valence-electron chi connectivity index (χ2n) is 10.9. The number of anilines is 1. The number of methoxy groups -OCH3 is 1. The van der Waals surface area contributed by atoms with Gasteiger partial charge in [0.15, 0.2) is 6.23 Å². The molecule has 5 atom stereocenters. The first-order chi connectivity index (χ1) is 20.0. The van der Waals surface area contributed by atoms with Crippen molar-refractivity contribution in [2.24, 2.45) is 16.8 Å². The fraction of sp³-hybridized carbons (Fsp3) is 0.345. The predicted octanol–water partition coefficient (Wildman–Crippen LogP) is 4.88. The standard InChI is InChI=1S/C29H29ClFN5O5S/c1-15-8-23(15)34-27(37)16(2)13-36-14-33-22-6-4-17(9-20(22)26-29(36)41-26)18-10-24(28(40-3)32-12-18)35-42(38,39)25-7-5-19(31)11-21(25)30/h4-7,9-12,14-16,23,26,29,35H,8,13H2,1-3H3,(H,34,37)/t15-,16+,23-,26?,29?/m1/s1. The van der Waals surface area contributed by atoms with Crippen LogP contribution >= 0.6 is 11.6 Å². The lowest BCUT2D eigenvalue weighted by molar-refractivity contribution is -0.125. The number of fused-ring (bicyclic) bond motifs is 3. The molecule has 0 radical (unpaired) electrons. The number of sulfonamides is 1. The summed E-state index contributed by atoms with van der Waals surface area (Å²) >= 11 is 6.01. The van der Waals surface area contributed by atoms with Crippen LogP contribution in [-0.2, 0) is 19.6 Å². The molecule has 1 aromatic heterocycles. The van der Waals surface area contributed by atoms with Gasteiger partial charge in [-0.15, -0.1) is 0 Å². The minimum atomic E-state index is -4.18. The average Bonchev–Trinajstić information content (AvgIpc) is 3.87. The van der Waals surface area contributed by atoms with Crippen LogP contribution in [0, 0.1) is 17.7 Å². The van der Waals surface area contributed by atoms with Crippen LogP contribution in [0.5, 0.6) is 5.88 Å². The molecule has 0 bridgehead atoms. The first-order valence-corrected chi connectivity index (χ1v) is 15.3. The van der Waals surface area contributed by atoms with Gasteiger partial charge in [0.05, 0.1) is 30.1 Å². The summed E-state index contributed by atoms with van der Waals surface area (Å²) < 4.78 is 53.4. The Bertz CT molecular complexity index is 1700. The lowest BCUT2D eigenvalue weighted by Crippen LogP contribution is -2.39. The van der Waals surface area contributed by atoms with Crippen LogP contribution in [0.1, 0.15) is 31.9 Å². The Balaban J connectivity index is 1.21. The van der Waals surface area contributed by atoms with E-state index in [4.69, 9.17) is 21.1 Å². The molecule has 0 spiro atoms. The molecule has 13 heteroatoms. The predicted molar refractivity (Wildman–Crippen MR) is 156 cm³/mol. The maximum Gasteiger partial charge on any atom is 0.263 e. The highest BCUT2D eigenvalue weighted by molar-refractivity contribution is 7.92. The van der Waals surface area contributed by atoms with Crippen molar-refractivity contribution in [3.63, 3.8) is 0 Å². The monoisotopic (exact) mass is 613 g/mol. The van der Waals surface area contributed by atoms with Crippen molar-refractivity contribution in [2.75, 3.05) is 18.4 Å². The van der Waals surface area contributed by atoms with Crippen LogP contribution in [0.2, 0.25) is 5.02 Å². The Morgan fingerprint density at radius 3 is 2.74 bits per heavy atom. The normalized spacial score (nSPS) is 22.8. The van der Waals surface area contributed by atoms with E-state index in [2.05, 4.69) is 26.9 Å². The van der Waals surface area contributed by atoms with Gasteiger partial charge in [-0.25, -0.2) is 22.8 Å². The van der Waals surface area contributed by atoms with Gasteiger partial charge in [-0.1, -0.05) is 31.5 Å². The van der Waals surface area contributed by atoms with Crippen molar-refractivity contribution in [3.05, 3.63) is 65.1 Å². The molecule has 2 fully saturated rings. The number of amides is 1. The van der Waals surface area contributed by atoms with E-state index in [1.165, 1.54) is 7.11 Å². The molecular weight excluding hydrogens is 585 g/mol. The Labute approximate surface area is 248 Å². The number of aromatic nitrogens is 1. The Morgan fingerprint density at radius 2 is 2.02 bits per heavy atom. The zero-order valence-corrected chi connectivity index (χ0v) is 24.6. The second kappa shape index (κ2) is 10.8. The van der Waals surface area contributed by atoms with Crippen LogP contribution in [0.3, 0.4) is 0 Å². The van der Waals surface area contributed by atoms with Crippen LogP contribution in [-0.4, -0.2) is 56.5 Å². The zero-order valence-electron chi connectivity index (χ0n) is 23.0. The van der Waals surface area contributed by atoms with Gasteiger partial charge in [0.2, 0.25) is 11.8 Å². The zero-order chi connectivity index (χ0) is 29.8. The molecule has 1 aliphatic carbocycles. The van der Waals surface area contributed by atoms with Crippen molar-refractivity contribution in [3.8, 4) is 17.0 Å². The summed E-state index contributed by atoms with van der Waals surface area (Å²) in [4.78, 5) is 23.2. The molecule has 3 aromatic rings. The first-order valence-electron chi connectivity index (χ1n) is 13.5. The van der Waals surface area contributed by atoms with E-state index in [1.807, 2.05) is 30.0 Å². The molecular formula is C29H29ClFN5O5S. The van der Waals surface area contributed by atoms with E-state index in [1.54, 1.807) is 18.6 Å². The number of halogens is 2. The van der Waals surface area contributed by atoms with Crippen molar-refractivity contribution < 1.29 is 27.1 Å². The number of pyridine rings is 1. The maximum atomic E-state index is 13.5. The van der Waals surface area contributed by atoms with E-state index in [-0.39, 0.29) is 51.7 Å². The van der Waals surface area contributed by atoms with Crippen molar-refractivity contribution in [2.45, 2.75) is 43.5 Å². The summed E-state index contributed by atoms with van der Waals surface area (Å²) in [7, 11) is -2.81. The smallest absolute Gasteiger partial charge is 0.263 e. The average molecular weight is 614 g/mol. The van der Waals surface area contributed by atoms with E-state index < -0.39 is 15.8 Å². The van der Waals surface area contributed by atoms with Gasteiger partial charge in [0.25, 0.3) is 10.0 Å².